The highest BCUT2D eigenvalue weighted by atomic mass is 15.4. The first-order valence-corrected chi connectivity index (χ1v) is 20.5. The van der Waals surface area contributed by atoms with E-state index >= 15 is 0 Å². The summed E-state index contributed by atoms with van der Waals surface area (Å²) in [4.78, 5) is 0. The summed E-state index contributed by atoms with van der Waals surface area (Å²) < 4.78 is 0. The van der Waals surface area contributed by atoms with Gasteiger partial charge in [-0.25, -0.2) is 0 Å². The molecular weight excluding hydrogens is 600 g/mol. The van der Waals surface area contributed by atoms with Crippen LogP contribution in [0.5, 0.6) is 0 Å². The third-order valence-corrected chi connectivity index (χ3v) is 15.2. The molecular formula is C36H68N12. The van der Waals surface area contributed by atoms with Crippen molar-refractivity contribution in [1.82, 2.24) is 63.8 Å². The number of rotatable bonds is 4. The Balaban J connectivity index is 1.05. The summed E-state index contributed by atoms with van der Waals surface area (Å²) >= 11 is 0. The van der Waals surface area contributed by atoms with Gasteiger partial charge in [0.15, 0.2) is 0 Å². The van der Waals surface area contributed by atoms with Crippen molar-refractivity contribution in [3.8, 4) is 0 Å². The zero-order chi connectivity index (χ0) is 32.5. The predicted molar refractivity (Wildman–Crippen MR) is 190 cm³/mol. The fraction of sp³-hybridized carbons (Fsp3) is 1.00. The van der Waals surface area contributed by atoms with Gasteiger partial charge in [0.05, 0.1) is 49.3 Å². The molecule has 0 amide bonds. The molecule has 0 radical (unpaired) electrons. The molecule has 0 aromatic heterocycles. The minimum Gasteiger partial charge on any atom is -0.311 e. The molecule has 9 rings (SSSR count). The Morgan fingerprint density at radius 3 is 0.708 bits per heavy atom. The van der Waals surface area contributed by atoms with E-state index in [1.807, 2.05) is 0 Å². The van der Waals surface area contributed by atoms with E-state index in [2.05, 4.69) is 91.5 Å². The van der Waals surface area contributed by atoms with Crippen molar-refractivity contribution in [2.75, 3.05) is 26.2 Å². The van der Waals surface area contributed by atoms with Crippen LogP contribution in [0.1, 0.15) is 79.1 Å². The number of piperidine rings is 4. The first kappa shape index (κ1) is 33.4. The summed E-state index contributed by atoms with van der Waals surface area (Å²) in [7, 11) is 0. The van der Waals surface area contributed by atoms with E-state index in [1.165, 1.54) is 51.4 Å². The molecule has 0 aliphatic carbocycles. The smallest absolute Gasteiger partial charge is 0.0758 e. The van der Waals surface area contributed by atoms with Gasteiger partial charge in [0.2, 0.25) is 0 Å². The Hall–Kier alpha value is -0.480. The summed E-state index contributed by atoms with van der Waals surface area (Å²) in [6, 6.07) is 1.66. The SMILES string of the molecule is CCC1CNC2C3NC(NC4NC(NC5NC(NC6NC(N3)C3CC(CC)CNC63)C3CC(CC)CNC53)C3CC(CC)CNC43)C2C1. The Morgan fingerprint density at radius 2 is 0.521 bits per heavy atom. The van der Waals surface area contributed by atoms with Crippen LogP contribution >= 0.6 is 0 Å². The molecule has 12 unspecified atom stereocenters. The van der Waals surface area contributed by atoms with Gasteiger partial charge in [-0.15, -0.1) is 0 Å². The molecule has 0 spiro atoms. The Labute approximate surface area is 289 Å². The molecule has 9 fully saturated rings. The largest absolute Gasteiger partial charge is 0.311 e. The number of fused-ring (bicyclic) bond motifs is 20. The van der Waals surface area contributed by atoms with Crippen molar-refractivity contribution < 1.29 is 0 Å². The van der Waals surface area contributed by atoms with Crippen molar-refractivity contribution in [3.05, 3.63) is 0 Å². The minimum absolute atomic E-state index is 0.221. The number of hydrogen-bond donors (Lipinski definition) is 12. The average molecular weight is 669 g/mol. The summed E-state index contributed by atoms with van der Waals surface area (Å²) in [6.45, 7) is 14.0. The van der Waals surface area contributed by atoms with Crippen molar-refractivity contribution in [3.63, 3.8) is 0 Å². The van der Waals surface area contributed by atoms with Gasteiger partial charge in [-0.2, -0.15) is 0 Å². The predicted octanol–water partition coefficient (Wildman–Crippen LogP) is -0.603. The molecule has 8 bridgehead atoms. The van der Waals surface area contributed by atoms with Crippen molar-refractivity contribution in [2.24, 2.45) is 47.3 Å². The van der Waals surface area contributed by atoms with E-state index in [-0.39, 0.29) is 49.3 Å². The molecule has 12 atom stereocenters. The molecule has 12 N–H and O–H groups in total. The maximum atomic E-state index is 4.24. The quantitative estimate of drug-likeness (QED) is 0.186. The van der Waals surface area contributed by atoms with Crippen LogP contribution in [-0.2, 0) is 0 Å². The molecule has 0 aromatic rings. The zero-order valence-corrected chi connectivity index (χ0v) is 30.0. The van der Waals surface area contributed by atoms with Gasteiger partial charge in [0, 0.05) is 47.8 Å². The Morgan fingerprint density at radius 1 is 0.312 bits per heavy atom. The highest BCUT2D eigenvalue weighted by molar-refractivity contribution is 5.13. The van der Waals surface area contributed by atoms with Gasteiger partial charge in [-0.3, -0.25) is 42.5 Å². The van der Waals surface area contributed by atoms with Crippen LogP contribution < -0.4 is 63.8 Å². The molecule has 0 saturated carbocycles. The lowest BCUT2D eigenvalue weighted by Gasteiger charge is -2.40. The van der Waals surface area contributed by atoms with Crippen LogP contribution in [0.15, 0.2) is 0 Å². The van der Waals surface area contributed by atoms with Gasteiger partial charge in [-0.05, 0) is 75.5 Å². The van der Waals surface area contributed by atoms with Gasteiger partial charge in [-0.1, -0.05) is 53.4 Å². The second-order valence-electron chi connectivity index (χ2n) is 17.6. The summed E-state index contributed by atoms with van der Waals surface area (Å²) in [5.74, 6) is 5.14. The fourth-order valence-corrected chi connectivity index (χ4v) is 12.1. The van der Waals surface area contributed by atoms with Crippen molar-refractivity contribution >= 4 is 0 Å². The monoisotopic (exact) mass is 669 g/mol. The first-order valence-electron chi connectivity index (χ1n) is 20.5. The standard InChI is InChI=1S/C36H68N12/c1-5-17-9-21-25(37-13-17)33-41-29(21)45-34-26-22(10-18(6-2)14-38-26)31(42-34)47-36-28-24(12-20(8-4)16-40-28)32(44-36)48-35-27-23(30(43-35)46-33)11-19(7-3)15-39-27/h17-48H,5-16H2,1-4H3. The van der Waals surface area contributed by atoms with Crippen LogP contribution in [0.25, 0.3) is 0 Å². The van der Waals surface area contributed by atoms with E-state index in [4.69, 9.17) is 0 Å². The van der Waals surface area contributed by atoms with Gasteiger partial charge in [0.1, 0.15) is 0 Å². The van der Waals surface area contributed by atoms with E-state index < -0.39 is 0 Å². The van der Waals surface area contributed by atoms with Crippen LogP contribution in [0.4, 0.5) is 0 Å². The highest BCUT2D eigenvalue weighted by Gasteiger charge is 2.56. The minimum atomic E-state index is 0.221. The van der Waals surface area contributed by atoms with Crippen LogP contribution in [0.3, 0.4) is 0 Å². The fourth-order valence-electron chi connectivity index (χ4n) is 12.1. The molecule has 0 aromatic carbocycles. The van der Waals surface area contributed by atoms with Gasteiger partial charge in [0.25, 0.3) is 0 Å². The number of hydrogen-bond acceptors (Lipinski definition) is 12. The Kier molecular flexibility index (Phi) is 9.60. The lowest BCUT2D eigenvalue weighted by atomic mass is 9.81. The summed E-state index contributed by atoms with van der Waals surface area (Å²) in [5.41, 5.74) is 0. The third kappa shape index (κ3) is 5.91. The maximum absolute atomic E-state index is 4.24. The topological polar surface area (TPSA) is 144 Å². The molecule has 9 saturated heterocycles. The van der Waals surface area contributed by atoms with Crippen LogP contribution in [-0.4, -0.2) is 99.7 Å². The molecule has 272 valence electrons. The molecule has 48 heavy (non-hydrogen) atoms. The van der Waals surface area contributed by atoms with Crippen molar-refractivity contribution in [2.45, 2.75) is 153 Å². The molecule has 12 nitrogen and oxygen atoms in total. The second kappa shape index (κ2) is 13.8. The van der Waals surface area contributed by atoms with Gasteiger partial charge >= 0.3 is 0 Å². The average Bonchev–Trinajstić information content (AvgIpc) is 3.85. The Bertz CT molecular complexity index is 945. The summed E-state index contributed by atoms with van der Waals surface area (Å²) in [5, 5.41) is 49.9. The molecule has 12 heteroatoms. The number of nitrogens with one attached hydrogen (secondary N) is 12. The highest BCUT2D eigenvalue weighted by Crippen LogP contribution is 2.39. The third-order valence-electron chi connectivity index (χ3n) is 15.2. The van der Waals surface area contributed by atoms with Crippen molar-refractivity contribution in [1.29, 1.82) is 0 Å². The summed E-state index contributed by atoms with van der Waals surface area (Å²) in [6.07, 6.45) is 12.0. The lowest BCUT2D eigenvalue weighted by molar-refractivity contribution is 0.161. The van der Waals surface area contributed by atoms with E-state index in [0.717, 1.165) is 49.9 Å². The molecule has 9 aliphatic heterocycles. The lowest BCUT2D eigenvalue weighted by Crippen LogP contribution is -2.63. The van der Waals surface area contributed by atoms with Gasteiger partial charge < -0.3 is 21.3 Å². The normalized spacial score (nSPS) is 56.2. The van der Waals surface area contributed by atoms with Crippen LogP contribution in [0.2, 0.25) is 0 Å². The van der Waals surface area contributed by atoms with E-state index in [1.54, 1.807) is 0 Å². The van der Waals surface area contributed by atoms with E-state index in [9.17, 15) is 0 Å². The maximum Gasteiger partial charge on any atom is 0.0758 e. The zero-order valence-electron chi connectivity index (χ0n) is 30.0. The van der Waals surface area contributed by atoms with Crippen LogP contribution in [0, 0.1) is 47.3 Å². The molecule has 9 heterocycles. The first-order chi connectivity index (χ1) is 23.5. The second-order valence-corrected chi connectivity index (χ2v) is 17.6. The van der Waals surface area contributed by atoms with E-state index in [0.29, 0.717) is 47.8 Å². The molecule has 9 aliphatic rings.